The number of hydrogen-bond acceptors (Lipinski definition) is 5. The lowest BCUT2D eigenvalue weighted by Gasteiger charge is -2.12. The van der Waals surface area contributed by atoms with Crippen molar-refractivity contribution in [1.29, 1.82) is 0 Å². The van der Waals surface area contributed by atoms with Crippen LogP contribution in [0.3, 0.4) is 0 Å². The summed E-state index contributed by atoms with van der Waals surface area (Å²) >= 11 is 0. The summed E-state index contributed by atoms with van der Waals surface area (Å²) in [6, 6.07) is 21.3. The van der Waals surface area contributed by atoms with Crippen molar-refractivity contribution in [2.24, 2.45) is 0 Å². The maximum absolute atomic E-state index is 12.9. The first kappa shape index (κ1) is 20.0. The van der Waals surface area contributed by atoms with Crippen molar-refractivity contribution in [2.75, 3.05) is 10.6 Å². The van der Waals surface area contributed by atoms with Gasteiger partial charge in [-0.05, 0) is 48.9 Å². The predicted octanol–water partition coefficient (Wildman–Crippen LogP) is 4.86. The summed E-state index contributed by atoms with van der Waals surface area (Å²) in [5.74, 6) is 0.281. The second-order valence-electron chi connectivity index (χ2n) is 6.99. The molecule has 0 radical (unpaired) electrons. The van der Waals surface area contributed by atoms with Gasteiger partial charge in [0.15, 0.2) is 0 Å². The monoisotopic (exact) mass is 412 g/mol. The van der Waals surface area contributed by atoms with Gasteiger partial charge in [-0.2, -0.15) is 4.98 Å². The third kappa shape index (κ3) is 4.51. The lowest BCUT2D eigenvalue weighted by Crippen LogP contribution is -2.16. The molecule has 0 aliphatic heterocycles. The molecule has 31 heavy (non-hydrogen) atoms. The van der Waals surface area contributed by atoms with E-state index in [0.29, 0.717) is 39.8 Å². The Balaban J connectivity index is 1.56. The molecule has 2 amide bonds. The zero-order valence-electron chi connectivity index (χ0n) is 17.0. The van der Waals surface area contributed by atoms with Crippen LogP contribution in [0.15, 0.2) is 77.3 Å². The van der Waals surface area contributed by atoms with Crippen molar-refractivity contribution in [1.82, 2.24) is 10.1 Å². The fourth-order valence-electron chi connectivity index (χ4n) is 3.07. The number of anilines is 2. The Kier molecular flexibility index (Phi) is 5.57. The summed E-state index contributed by atoms with van der Waals surface area (Å²) in [4.78, 5) is 29.7. The quantitative estimate of drug-likeness (QED) is 0.488. The number of para-hydroxylation sites is 1. The van der Waals surface area contributed by atoms with Crippen LogP contribution in [0.4, 0.5) is 11.4 Å². The minimum absolute atomic E-state index is 0.237. The first-order valence-corrected chi connectivity index (χ1v) is 9.69. The number of nitrogens with zero attached hydrogens (tertiary/aromatic N) is 2. The molecule has 0 fully saturated rings. The van der Waals surface area contributed by atoms with Crippen molar-refractivity contribution < 1.29 is 14.1 Å². The lowest BCUT2D eigenvalue weighted by molar-refractivity contribution is 0.101. The van der Waals surface area contributed by atoms with E-state index in [0.717, 1.165) is 5.56 Å². The number of carbonyl (C=O) groups excluding carboxylic acids is 2. The fraction of sp³-hybridized carbons (Fsp3) is 0.0833. The van der Waals surface area contributed by atoms with Gasteiger partial charge in [-0.25, -0.2) is 0 Å². The molecule has 1 heterocycles. The highest BCUT2D eigenvalue weighted by Crippen LogP contribution is 2.26. The van der Waals surface area contributed by atoms with Crippen LogP contribution in [0, 0.1) is 13.8 Å². The number of rotatable bonds is 5. The van der Waals surface area contributed by atoms with Gasteiger partial charge < -0.3 is 15.2 Å². The Morgan fingerprint density at radius 3 is 2.19 bits per heavy atom. The number of nitrogens with one attached hydrogen (secondary N) is 2. The second-order valence-corrected chi connectivity index (χ2v) is 6.99. The van der Waals surface area contributed by atoms with Gasteiger partial charge in [-0.1, -0.05) is 41.6 Å². The molecule has 0 saturated heterocycles. The first-order chi connectivity index (χ1) is 15.0. The molecule has 0 aliphatic rings. The zero-order chi connectivity index (χ0) is 21.8. The van der Waals surface area contributed by atoms with Crippen LogP contribution in [-0.2, 0) is 0 Å². The van der Waals surface area contributed by atoms with Crippen LogP contribution in [0.25, 0.3) is 11.4 Å². The maximum atomic E-state index is 12.9. The van der Waals surface area contributed by atoms with Crippen LogP contribution in [0.1, 0.15) is 32.2 Å². The summed E-state index contributed by atoms with van der Waals surface area (Å²) in [6.45, 7) is 3.57. The first-order valence-electron chi connectivity index (χ1n) is 9.69. The molecule has 3 aromatic carbocycles. The van der Waals surface area contributed by atoms with E-state index in [4.69, 9.17) is 4.52 Å². The number of carbonyl (C=O) groups is 2. The molecule has 7 heteroatoms. The van der Waals surface area contributed by atoms with Gasteiger partial charge in [-0.3, -0.25) is 9.59 Å². The van der Waals surface area contributed by atoms with Crippen LogP contribution in [0.5, 0.6) is 0 Å². The summed E-state index contributed by atoms with van der Waals surface area (Å²) in [7, 11) is 0. The number of aryl methyl sites for hydroxylation is 2. The molecular formula is C24H20N4O3. The normalized spacial score (nSPS) is 10.5. The number of aromatic nitrogens is 2. The average Bonchev–Trinajstić information content (AvgIpc) is 3.22. The summed E-state index contributed by atoms with van der Waals surface area (Å²) in [5, 5.41) is 9.70. The molecule has 1 aromatic heterocycles. The van der Waals surface area contributed by atoms with E-state index in [1.807, 2.05) is 25.1 Å². The smallest absolute Gasteiger partial charge is 0.255 e. The molecule has 0 unspecified atom stereocenters. The minimum atomic E-state index is -0.317. The number of amides is 2. The topological polar surface area (TPSA) is 97.1 Å². The molecule has 2 N–H and O–H groups in total. The molecule has 0 bridgehead atoms. The maximum Gasteiger partial charge on any atom is 0.255 e. The van der Waals surface area contributed by atoms with E-state index >= 15 is 0 Å². The molecule has 7 nitrogen and oxygen atoms in total. The van der Waals surface area contributed by atoms with Crippen molar-refractivity contribution in [2.45, 2.75) is 13.8 Å². The van der Waals surface area contributed by atoms with E-state index in [2.05, 4.69) is 20.8 Å². The van der Waals surface area contributed by atoms with Gasteiger partial charge >= 0.3 is 0 Å². The van der Waals surface area contributed by atoms with Crippen molar-refractivity contribution >= 4 is 23.2 Å². The molecule has 0 saturated carbocycles. The second kappa shape index (κ2) is 8.62. The highest BCUT2D eigenvalue weighted by molar-refractivity contribution is 6.08. The largest absolute Gasteiger partial charge is 0.339 e. The van der Waals surface area contributed by atoms with E-state index in [1.165, 1.54) is 0 Å². The van der Waals surface area contributed by atoms with Gasteiger partial charge in [-0.15, -0.1) is 0 Å². The van der Waals surface area contributed by atoms with Gasteiger partial charge in [0, 0.05) is 29.3 Å². The molecule has 0 atom stereocenters. The Morgan fingerprint density at radius 1 is 0.774 bits per heavy atom. The molecule has 4 rings (SSSR count). The predicted molar refractivity (Wildman–Crippen MR) is 118 cm³/mol. The van der Waals surface area contributed by atoms with Crippen molar-refractivity contribution in [3.63, 3.8) is 0 Å². The molecular weight excluding hydrogens is 392 g/mol. The van der Waals surface area contributed by atoms with Crippen LogP contribution < -0.4 is 10.6 Å². The van der Waals surface area contributed by atoms with Crippen LogP contribution >= 0.6 is 0 Å². The van der Waals surface area contributed by atoms with Gasteiger partial charge in [0.1, 0.15) is 0 Å². The fourth-order valence-corrected chi connectivity index (χ4v) is 3.07. The number of benzene rings is 3. The summed E-state index contributed by atoms with van der Waals surface area (Å²) in [5.41, 5.74) is 3.59. The number of hydrogen-bond donors (Lipinski definition) is 2. The van der Waals surface area contributed by atoms with Crippen molar-refractivity contribution in [3.8, 4) is 11.4 Å². The van der Waals surface area contributed by atoms with E-state index in [-0.39, 0.29) is 11.8 Å². The van der Waals surface area contributed by atoms with Gasteiger partial charge in [0.2, 0.25) is 11.7 Å². The van der Waals surface area contributed by atoms with E-state index in [9.17, 15) is 9.59 Å². The highest BCUT2D eigenvalue weighted by Gasteiger charge is 2.15. The SMILES string of the molecule is Cc1nc(-c2ccccc2NC(=O)c2ccc(C)c(NC(=O)c3ccccc3)c2)no1. The standard InChI is InChI=1S/C24H20N4O3/c1-15-12-13-18(14-21(15)27-23(29)17-8-4-3-5-9-17)24(30)26-20-11-7-6-10-19(20)22-25-16(2)31-28-22/h3-14H,1-2H3,(H,26,30)(H,27,29). The van der Waals surface area contributed by atoms with Gasteiger partial charge in [0.05, 0.1) is 5.69 Å². The Hall–Kier alpha value is -4.26. The van der Waals surface area contributed by atoms with Crippen LogP contribution in [0.2, 0.25) is 0 Å². The lowest BCUT2D eigenvalue weighted by atomic mass is 10.1. The highest BCUT2D eigenvalue weighted by atomic mass is 16.5. The Bertz CT molecular complexity index is 1250. The van der Waals surface area contributed by atoms with Gasteiger partial charge in [0.25, 0.3) is 11.8 Å². The summed E-state index contributed by atoms with van der Waals surface area (Å²) in [6.07, 6.45) is 0. The summed E-state index contributed by atoms with van der Waals surface area (Å²) < 4.78 is 5.05. The third-order valence-corrected chi connectivity index (χ3v) is 4.73. The average molecular weight is 412 g/mol. The Morgan fingerprint density at radius 2 is 1.45 bits per heavy atom. The zero-order valence-corrected chi connectivity index (χ0v) is 17.0. The minimum Gasteiger partial charge on any atom is -0.339 e. The van der Waals surface area contributed by atoms with E-state index in [1.54, 1.807) is 61.5 Å². The van der Waals surface area contributed by atoms with E-state index < -0.39 is 0 Å². The molecule has 0 aliphatic carbocycles. The van der Waals surface area contributed by atoms with Crippen molar-refractivity contribution in [3.05, 3.63) is 95.4 Å². The molecule has 154 valence electrons. The third-order valence-electron chi connectivity index (χ3n) is 4.73. The molecule has 0 spiro atoms. The molecule has 4 aromatic rings. The van der Waals surface area contributed by atoms with Crippen LogP contribution in [-0.4, -0.2) is 22.0 Å². The Labute approximate surface area is 179 Å².